The summed E-state index contributed by atoms with van der Waals surface area (Å²) in [6, 6.07) is 19.3. The van der Waals surface area contributed by atoms with E-state index in [9.17, 15) is 8.78 Å². The lowest BCUT2D eigenvalue weighted by Gasteiger charge is -2.12. The minimum Gasteiger partial charge on any atom is -0.207 e. The fourth-order valence-corrected chi connectivity index (χ4v) is 2.61. The van der Waals surface area contributed by atoms with Gasteiger partial charge < -0.3 is 0 Å². The molecule has 0 saturated heterocycles. The number of benzene rings is 3. The molecule has 0 amide bonds. The van der Waals surface area contributed by atoms with E-state index in [4.69, 9.17) is 0 Å². The third kappa shape index (κ3) is 2.77. The molecular weight excluding hydrogens is 278 g/mol. The quantitative estimate of drug-likeness (QED) is 0.567. The Labute approximate surface area is 129 Å². The van der Waals surface area contributed by atoms with Gasteiger partial charge in [-0.3, -0.25) is 0 Å². The van der Waals surface area contributed by atoms with Gasteiger partial charge in [-0.1, -0.05) is 55.5 Å². The molecule has 110 valence electrons. The van der Waals surface area contributed by atoms with Crippen molar-refractivity contribution in [3.8, 4) is 22.3 Å². The van der Waals surface area contributed by atoms with Crippen molar-refractivity contribution >= 4 is 0 Å². The summed E-state index contributed by atoms with van der Waals surface area (Å²) < 4.78 is 28.1. The Bertz CT molecular complexity index is 792. The fourth-order valence-electron chi connectivity index (χ4n) is 2.61. The van der Waals surface area contributed by atoms with Gasteiger partial charge >= 0.3 is 0 Å². The second-order valence-electron chi connectivity index (χ2n) is 5.22. The maximum Gasteiger partial charge on any atom is 0.131 e. The van der Waals surface area contributed by atoms with E-state index in [1.807, 2.05) is 43.3 Å². The summed E-state index contributed by atoms with van der Waals surface area (Å²) in [6.07, 6.45) is 0.770. The average Bonchev–Trinajstić information content (AvgIpc) is 2.55. The molecule has 0 radical (unpaired) electrons. The summed E-state index contributed by atoms with van der Waals surface area (Å²) in [5, 5.41) is 0. The Morgan fingerprint density at radius 2 is 1.45 bits per heavy atom. The van der Waals surface area contributed by atoms with Gasteiger partial charge in [0.2, 0.25) is 0 Å². The Kier molecular flexibility index (Phi) is 4.01. The van der Waals surface area contributed by atoms with Crippen molar-refractivity contribution in [3.63, 3.8) is 0 Å². The Hall–Kier alpha value is -2.48. The molecule has 0 saturated carbocycles. The van der Waals surface area contributed by atoms with Crippen LogP contribution in [0.1, 0.15) is 12.5 Å². The SMILES string of the molecule is CCc1ccc(-c2cc(F)ccc2-c2ccccc2)c(F)c1. The highest BCUT2D eigenvalue weighted by atomic mass is 19.1. The van der Waals surface area contributed by atoms with E-state index in [2.05, 4.69) is 0 Å². The van der Waals surface area contributed by atoms with Crippen molar-refractivity contribution in [2.45, 2.75) is 13.3 Å². The molecular formula is C20H16F2. The van der Waals surface area contributed by atoms with E-state index in [-0.39, 0.29) is 11.6 Å². The number of hydrogen-bond acceptors (Lipinski definition) is 0. The van der Waals surface area contributed by atoms with E-state index in [0.717, 1.165) is 23.1 Å². The van der Waals surface area contributed by atoms with Crippen LogP contribution in [-0.4, -0.2) is 0 Å². The minimum absolute atomic E-state index is 0.317. The standard InChI is InChI=1S/C20H16F2/c1-2-14-8-10-18(20(22)12-14)19-13-16(21)9-11-17(19)15-6-4-3-5-7-15/h3-13H,2H2,1H3. The average molecular weight is 294 g/mol. The number of hydrogen-bond donors (Lipinski definition) is 0. The lowest BCUT2D eigenvalue weighted by atomic mass is 9.93. The van der Waals surface area contributed by atoms with Gasteiger partial charge in [-0.25, -0.2) is 8.78 Å². The molecule has 3 aromatic rings. The van der Waals surface area contributed by atoms with Crippen molar-refractivity contribution in [2.24, 2.45) is 0 Å². The van der Waals surface area contributed by atoms with Crippen LogP contribution in [0.2, 0.25) is 0 Å². The van der Waals surface area contributed by atoms with Crippen molar-refractivity contribution in [2.75, 3.05) is 0 Å². The van der Waals surface area contributed by atoms with Gasteiger partial charge in [0.05, 0.1) is 0 Å². The van der Waals surface area contributed by atoms with E-state index >= 15 is 0 Å². The Balaban J connectivity index is 2.20. The summed E-state index contributed by atoms with van der Waals surface area (Å²) in [7, 11) is 0. The van der Waals surface area contributed by atoms with E-state index < -0.39 is 0 Å². The number of rotatable bonds is 3. The van der Waals surface area contributed by atoms with Gasteiger partial charge in [0.25, 0.3) is 0 Å². The first-order valence-corrected chi connectivity index (χ1v) is 7.33. The molecule has 0 nitrogen and oxygen atoms in total. The summed E-state index contributed by atoms with van der Waals surface area (Å²) in [5.74, 6) is -0.684. The largest absolute Gasteiger partial charge is 0.207 e. The Morgan fingerprint density at radius 3 is 2.14 bits per heavy atom. The van der Waals surface area contributed by atoms with Crippen LogP contribution < -0.4 is 0 Å². The van der Waals surface area contributed by atoms with E-state index in [1.165, 1.54) is 18.2 Å². The van der Waals surface area contributed by atoms with Gasteiger partial charge in [-0.05, 0) is 46.9 Å². The van der Waals surface area contributed by atoms with Crippen LogP contribution in [-0.2, 0) is 6.42 Å². The van der Waals surface area contributed by atoms with E-state index in [0.29, 0.717) is 11.1 Å². The number of halogens is 2. The van der Waals surface area contributed by atoms with Gasteiger partial charge in [-0.2, -0.15) is 0 Å². The van der Waals surface area contributed by atoms with Crippen molar-refractivity contribution in [1.29, 1.82) is 0 Å². The second kappa shape index (κ2) is 6.10. The van der Waals surface area contributed by atoms with Gasteiger partial charge in [-0.15, -0.1) is 0 Å². The van der Waals surface area contributed by atoms with Crippen LogP contribution in [0.5, 0.6) is 0 Å². The number of aryl methyl sites for hydroxylation is 1. The molecule has 0 aliphatic heterocycles. The summed E-state index contributed by atoms with van der Waals surface area (Å²) in [6.45, 7) is 1.98. The topological polar surface area (TPSA) is 0 Å². The zero-order valence-corrected chi connectivity index (χ0v) is 12.3. The highest BCUT2D eigenvalue weighted by molar-refractivity contribution is 5.83. The predicted octanol–water partition coefficient (Wildman–Crippen LogP) is 5.86. The zero-order valence-electron chi connectivity index (χ0n) is 12.3. The van der Waals surface area contributed by atoms with Crippen LogP contribution in [0.3, 0.4) is 0 Å². The molecule has 0 atom stereocenters. The fraction of sp³-hybridized carbons (Fsp3) is 0.100. The van der Waals surface area contributed by atoms with Crippen LogP contribution in [0.25, 0.3) is 22.3 Å². The highest BCUT2D eigenvalue weighted by Crippen LogP contribution is 2.34. The third-order valence-corrected chi connectivity index (χ3v) is 3.80. The molecule has 3 aromatic carbocycles. The first-order valence-electron chi connectivity index (χ1n) is 7.33. The molecule has 3 rings (SSSR count). The first-order chi connectivity index (χ1) is 10.7. The lowest BCUT2D eigenvalue weighted by molar-refractivity contribution is 0.624. The first kappa shape index (κ1) is 14.5. The Morgan fingerprint density at radius 1 is 0.727 bits per heavy atom. The second-order valence-corrected chi connectivity index (χ2v) is 5.22. The zero-order chi connectivity index (χ0) is 15.5. The molecule has 0 fully saturated rings. The van der Waals surface area contributed by atoms with E-state index in [1.54, 1.807) is 12.1 Å². The van der Waals surface area contributed by atoms with Crippen LogP contribution in [0.15, 0.2) is 66.7 Å². The van der Waals surface area contributed by atoms with Gasteiger partial charge in [0.15, 0.2) is 0 Å². The molecule has 0 heterocycles. The minimum atomic E-state index is -0.367. The molecule has 0 aliphatic carbocycles. The normalized spacial score (nSPS) is 10.7. The van der Waals surface area contributed by atoms with Crippen LogP contribution >= 0.6 is 0 Å². The monoisotopic (exact) mass is 294 g/mol. The molecule has 0 aliphatic rings. The maximum atomic E-state index is 14.4. The molecule has 2 heteroatoms. The predicted molar refractivity (Wildman–Crippen MR) is 86.6 cm³/mol. The lowest BCUT2D eigenvalue weighted by Crippen LogP contribution is -1.92. The van der Waals surface area contributed by atoms with Crippen molar-refractivity contribution in [3.05, 3.63) is 83.9 Å². The summed E-state index contributed by atoms with van der Waals surface area (Å²) in [5.41, 5.74) is 3.70. The molecule has 22 heavy (non-hydrogen) atoms. The van der Waals surface area contributed by atoms with Crippen molar-refractivity contribution < 1.29 is 8.78 Å². The molecule has 0 unspecified atom stereocenters. The molecule has 0 N–H and O–H groups in total. The van der Waals surface area contributed by atoms with Crippen LogP contribution in [0, 0.1) is 11.6 Å². The van der Waals surface area contributed by atoms with Gasteiger partial charge in [0, 0.05) is 5.56 Å². The smallest absolute Gasteiger partial charge is 0.131 e. The summed E-state index contributed by atoms with van der Waals surface area (Å²) in [4.78, 5) is 0. The van der Waals surface area contributed by atoms with Gasteiger partial charge in [0.1, 0.15) is 11.6 Å². The molecule has 0 bridgehead atoms. The molecule has 0 spiro atoms. The third-order valence-electron chi connectivity index (χ3n) is 3.80. The highest BCUT2D eigenvalue weighted by Gasteiger charge is 2.13. The molecule has 0 aromatic heterocycles. The van der Waals surface area contributed by atoms with Crippen LogP contribution in [0.4, 0.5) is 8.78 Å². The summed E-state index contributed by atoms with van der Waals surface area (Å²) >= 11 is 0. The maximum absolute atomic E-state index is 14.4. The van der Waals surface area contributed by atoms with Crippen molar-refractivity contribution in [1.82, 2.24) is 0 Å².